The van der Waals surface area contributed by atoms with Crippen LogP contribution in [0.15, 0.2) is 60.7 Å². The number of rotatable bonds is 2. The SMILES string of the molecule is CNC(=O)c1cc(-c2ccccc2)nc2ccccc12. The Kier molecular flexibility index (Phi) is 3.17. The quantitative estimate of drug-likeness (QED) is 0.770. The zero-order valence-electron chi connectivity index (χ0n) is 11.1. The Hall–Kier alpha value is -2.68. The summed E-state index contributed by atoms with van der Waals surface area (Å²) in [6.45, 7) is 0. The van der Waals surface area contributed by atoms with Crippen molar-refractivity contribution in [3.8, 4) is 11.3 Å². The van der Waals surface area contributed by atoms with Gasteiger partial charge in [0.15, 0.2) is 0 Å². The normalized spacial score (nSPS) is 10.4. The second kappa shape index (κ2) is 5.13. The number of fused-ring (bicyclic) bond motifs is 1. The van der Waals surface area contributed by atoms with Crippen LogP contribution < -0.4 is 5.32 Å². The molecule has 20 heavy (non-hydrogen) atoms. The lowest BCUT2D eigenvalue weighted by Crippen LogP contribution is -2.18. The van der Waals surface area contributed by atoms with E-state index in [0.29, 0.717) is 5.56 Å². The van der Waals surface area contributed by atoms with Crippen molar-refractivity contribution in [2.45, 2.75) is 0 Å². The van der Waals surface area contributed by atoms with Gasteiger partial charge in [-0.1, -0.05) is 48.5 Å². The molecule has 0 spiro atoms. The molecule has 3 heteroatoms. The van der Waals surface area contributed by atoms with E-state index in [1.54, 1.807) is 7.05 Å². The van der Waals surface area contributed by atoms with Gasteiger partial charge in [-0.2, -0.15) is 0 Å². The third kappa shape index (κ3) is 2.14. The largest absolute Gasteiger partial charge is 0.355 e. The minimum atomic E-state index is -0.0965. The molecule has 0 atom stereocenters. The molecule has 1 heterocycles. The minimum absolute atomic E-state index is 0.0965. The van der Waals surface area contributed by atoms with Crippen LogP contribution in [0.25, 0.3) is 22.2 Å². The zero-order valence-corrected chi connectivity index (χ0v) is 11.1. The van der Waals surface area contributed by atoms with E-state index < -0.39 is 0 Å². The van der Waals surface area contributed by atoms with Gasteiger partial charge in [0.05, 0.1) is 16.8 Å². The predicted octanol–water partition coefficient (Wildman–Crippen LogP) is 3.26. The molecule has 0 aliphatic heterocycles. The van der Waals surface area contributed by atoms with E-state index in [4.69, 9.17) is 0 Å². The molecule has 0 unspecified atom stereocenters. The van der Waals surface area contributed by atoms with Crippen LogP contribution in [0.2, 0.25) is 0 Å². The first-order valence-corrected chi connectivity index (χ1v) is 6.47. The molecule has 1 aromatic heterocycles. The van der Waals surface area contributed by atoms with Gasteiger partial charge >= 0.3 is 0 Å². The van der Waals surface area contributed by atoms with Crippen molar-refractivity contribution in [2.24, 2.45) is 0 Å². The molecule has 3 aromatic rings. The van der Waals surface area contributed by atoms with Gasteiger partial charge < -0.3 is 5.32 Å². The molecular weight excluding hydrogens is 248 g/mol. The number of nitrogens with one attached hydrogen (secondary N) is 1. The van der Waals surface area contributed by atoms with Gasteiger partial charge in [-0.3, -0.25) is 4.79 Å². The minimum Gasteiger partial charge on any atom is -0.355 e. The molecule has 1 N–H and O–H groups in total. The van der Waals surface area contributed by atoms with Crippen LogP contribution in [0.3, 0.4) is 0 Å². The van der Waals surface area contributed by atoms with Crippen LogP contribution in [0, 0.1) is 0 Å². The zero-order chi connectivity index (χ0) is 13.9. The Bertz CT molecular complexity index is 766. The maximum Gasteiger partial charge on any atom is 0.251 e. The van der Waals surface area contributed by atoms with E-state index in [1.165, 1.54) is 0 Å². The van der Waals surface area contributed by atoms with Gasteiger partial charge in [0.25, 0.3) is 5.91 Å². The number of carbonyl (C=O) groups is 1. The van der Waals surface area contributed by atoms with Crippen LogP contribution in [-0.2, 0) is 0 Å². The molecule has 3 rings (SSSR count). The second-order valence-electron chi connectivity index (χ2n) is 4.52. The van der Waals surface area contributed by atoms with Crippen molar-refractivity contribution in [3.63, 3.8) is 0 Å². The van der Waals surface area contributed by atoms with Gasteiger partial charge in [0.1, 0.15) is 0 Å². The highest BCUT2D eigenvalue weighted by Gasteiger charge is 2.12. The van der Waals surface area contributed by atoms with E-state index in [2.05, 4.69) is 10.3 Å². The van der Waals surface area contributed by atoms with Crippen LogP contribution >= 0.6 is 0 Å². The molecule has 98 valence electrons. The van der Waals surface area contributed by atoms with E-state index in [-0.39, 0.29) is 5.91 Å². The van der Waals surface area contributed by atoms with E-state index in [1.807, 2.05) is 60.7 Å². The summed E-state index contributed by atoms with van der Waals surface area (Å²) < 4.78 is 0. The van der Waals surface area contributed by atoms with Crippen LogP contribution in [-0.4, -0.2) is 17.9 Å². The smallest absolute Gasteiger partial charge is 0.251 e. The lowest BCUT2D eigenvalue weighted by Gasteiger charge is -2.08. The first-order valence-electron chi connectivity index (χ1n) is 6.47. The molecule has 0 fully saturated rings. The second-order valence-corrected chi connectivity index (χ2v) is 4.52. The molecule has 2 aromatic carbocycles. The number of pyridine rings is 1. The standard InChI is InChI=1S/C17H14N2O/c1-18-17(20)14-11-16(12-7-3-2-4-8-12)19-15-10-6-5-9-13(14)15/h2-11H,1H3,(H,18,20). The van der Waals surface area contributed by atoms with Crippen molar-refractivity contribution in [2.75, 3.05) is 7.05 Å². The maximum atomic E-state index is 12.1. The number of para-hydroxylation sites is 1. The highest BCUT2D eigenvalue weighted by atomic mass is 16.1. The Morgan fingerprint density at radius 1 is 1.00 bits per heavy atom. The molecular formula is C17H14N2O. The van der Waals surface area contributed by atoms with Gasteiger partial charge in [-0.25, -0.2) is 4.98 Å². The van der Waals surface area contributed by atoms with E-state index in [9.17, 15) is 4.79 Å². The number of aromatic nitrogens is 1. The van der Waals surface area contributed by atoms with E-state index >= 15 is 0 Å². The molecule has 0 saturated heterocycles. The average molecular weight is 262 g/mol. The maximum absolute atomic E-state index is 12.1. The summed E-state index contributed by atoms with van der Waals surface area (Å²) in [6.07, 6.45) is 0. The summed E-state index contributed by atoms with van der Waals surface area (Å²) in [4.78, 5) is 16.7. The number of benzene rings is 2. The lowest BCUT2D eigenvalue weighted by molar-refractivity contribution is 0.0964. The van der Waals surface area contributed by atoms with Crippen molar-refractivity contribution in [1.29, 1.82) is 0 Å². The molecule has 0 aliphatic rings. The van der Waals surface area contributed by atoms with Crippen LogP contribution in [0.4, 0.5) is 0 Å². The topological polar surface area (TPSA) is 42.0 Å². The average Bonchev–Trinajstić information content (AvgIpc) is 2.54. The first kappa shape index (κ1) is 12.4. The van der Waals surface area contributed by atoms with Crippen molar-refractivity contribution < 1.29 is 4.79 Å². The van der Waals surface area contributed by atoms with Crippen LogP contribution in [0.5, 0.6) is 0 Å². The van der Waals surface area contributed by atoms with Gasteiger partial charge in [-0.05, 0) is 12.1 Å². The molecule has 0 bridgehead atoms. The van der Waals surface area contributed by atoms with Crippen molar-refractivity contribution in [3.05, 3.63) is 66.2 Å². The van der Waals surface area contributed by atoms with Gasteiger partial charge in [0, 0.05) is 18.0 Å². The molecule has 0 radical (unpaired) electrons. The Balaban J connectivity index is 2.28. The molecule has 0 aliphatic carbocycles. The number of amides is 1. The third-order valence-electron chi connectivity index (χ3n) is 3.26. The monoisotopic (exact) mass is 262 g/mol. The number of hydrogen-bond acceptors (Lipinski definition) is 2. The summed E-state index contributed by atoms with van der Waals surface area (Å²) in [5.41, 5.74) is 3.29. The number of nitrogens with zero attached hydrogens (tertiary/aromatic N) is 1. The Morgan fingerprint density at radius 3 is 2.45 bits per heavy atom. The highest BCUT2D eigenvalue weighted by Crippen LogP contribution is 2.24. The summed E-state index contributed by atoms with van der Waals surface area (Å²) in [5.74, 6) is -0.0965. The Morgan fingerprint density at radius 2 is 1.70 bits per heavy atom. The van der Waals surface area contributed by atoms with Gasteiger partial charge in [-0.15, -0.1) is 0 Å². The summed E-state index contributed by atoms with van der Waals surface area (Å²) in [7, 11) is 1.64. The van der Waals surface area contributed by atoms with Crippen LogP contribution in [0.1, 0.15) is 10.4 Å². The third-order valence-corrected chi connectivity index (χ3v) is 3.26. The summed E-state index contributed by atoms with van der Waals surface area (Å²) in [5, 5.41) is 3.55. The predicted molar refractivity (Wildman–Crippen MR) is 80.6 cm³/mol. The fraction of sp³-hybridized carbons (Fsp3) is 0.0588. The summed E-state index contributed by atoms with van der Waals surface area (Å²) in [6, 6.07) is 19.4. The highest BCUT2D eigenvalue weighted by molar-refractivity contribution is 6.07. The summed E-state index contributed by atoms with van der Waals surface area (Å²) >= 11 is 0. The lowest BCUT2D eigenvalue weighted by atomic mass is 10.0. The number of carbonyl (C=O) groups excluding carboxylic acids is 1. The van der Waals surface area contributed by atoms with Gasteiger partial charge in [0.2, 0.25) is 0 Å². The molecule has 3 nitrogen and oxygen atoms in total. The fourth-order valence-electron chi connectivity index (χ4n) is 2.25. The van der Waals surface area contributed by atoms with Crippen molar-refractivity contribution in [1.82, 2.24) is 10.3 Å². The fourth-order valence-corrected chi connectivity index (χ4v) is 2.25. The van der Waals surface area contributed by atoms with Crippen molar-refractivity contribution >= 4 is 16.8 Å². The van der Waals surface area contributed by atoms with E-state index in [0.717, 1.165) is 22.2 Å². The molecule has 0 saturated carbocycles. The first-order chi connectivity index (χ1) is 9.79. The molecule has 1 amide bonds. The number of hydrogen-bond donors (Lipinski definition) is 1. The Labute approximate surface area is 117 Å².